The maximum Gasteiger partial charge on any atom is 0.256 e. The zero-order valence-corrected chi connectivity index (χ0v) is 9.82. The van der Waals surface area contributed by atoms with Crippen LogP contribution in [0.5, 0.6) is 0 Å². The third kappa shape index (κ3) is 1.76. The Morgan fingerprint density at radius 2 is 1.93 bits per heavy atom. The van der Waals surface area contributed by atoms with Crippen LogP contribution >= 0.6 is 0 Å². The molecule has 1 spiro atoms. The van der Waals surface area contributed by atoms with Crippen LogP contribution < -0.4 is 0 Å². The van der Waals surface area contributed by atoms with Crippen LogP contribution in [0.1, 0.15) is 26.7 Å². The minimum atomic E-state index is -0.486. The van der Waals surface area contributed by atoms with Gasteiger partial charge in [0.1, 0.15) is 6.73 Å². The third-order valence-corrected chi connectivity index (χ3v) is 3.61. The molecule has 0 unspecified atom stereocenters. The molecule has 2 fully saturated rings. The number of carbonyl (C=O) groups excluding carboxylic acids is 1. The van der Waals surface area contributed by atoms with Crippen molar-refractivity contribution in [1.29, 1.82) is 0 Å². The molecule has 15 heavy (non-hydrogen) atoms. The van der Waals surface area contributed by atoms with Crippen LogP contribution in [0.4, 0.5) is 0 Å². The standard InChI is InChI=1S/C11H20N2O2/c1-9(2)13-6-4-11(5-7-13)10(14)12(3)8-15-11/h9H,4-8H2,1-3H3. The van der Waals surface area contributed by atoms with E-state index in [-0.39, 0.29) is 5.91 Å². The number of likely N-dealkylation sites (tertiary alicyclic amines) is 1. The Balaban J connectivity index is 2.01. The van der Waals surface area contributed by atoms with Gasteiger partial charge in [-0.25, -0.2) is 0 Å². The fourth-order valence-electron chi connectivity index (χ4n) is 2.45. The predicted molar refractivity (Wildman–Crippen MR) is 57.4 cm³/mol. The number of piperidine rings is 1. The van der Waals surface area contributed by atoms with E-state index in [1.807, 2.05) is 7.05 Å². The zero-order chi connectivity index (χ0) is 11.1. The Morgan fingerprint density at radius 3 is 2.33 bits per heavy atom. The van der Waals surface area contributed by atoms with Crippen molar-refractivity contribution in [1.82, 2.24) is 9.80 Å². The molecule has 0 aromatic heterocycles. The van der Waals surface area contributed by atoms with Gasteiger partial charge in [-0.3, -0.25) is 4.79 Å². The monoisotopic (exact) mass is 212 g/mol. The average molecular weight is 212 g/mol. The molecule has 2 aliphatic heterocycles. The summed E-state index contributed by atoms with van der Waals surface area (Å²) in [6.45, 7) is 6.79. The van der Waals surface area contributed by atoms with Crippen molar-refractivity contribution in [3.63, 3.8) is 0 Å². The zero-order valence-electron chi connectivity index (χ0n) is 9.82. The minimum Gasteiger partial charge on any atom is -0.345 e. The van der Waals surface area contributed by atoms with Crippen LogP contribution in [-0.2, 0) is 9.53 Å². The summed E-state index contributed by atoms with van der Waals surface area (Å²) in [7, 11) is 1.81. The van der Waals surface area contributed by atoms with Crippen LogP contribution in [0.3, 0.4) is 0 Å². The van der Waals surface area contributed by atoms with Crippen molar-refractivity contribution in [2.24, 2.45) is 0 Å². The van der Waals surface area contributed by atoms with Crippen molar-refractivity contribution >= 4 is 5.91 Å². The van der Waals surface area contributed by atoms with Crippen molar-refractivity contribution in [3.05, 3.63) is 0 Å². The molecule has 4 nitrogen and oxygen atoms in total. The Labute approximate surface area is 91.2 Å². The first-order valence-corrected chi connectivity index (χ1v) is 5.69. The molecular formula is C11H20N2O2. The van der Waals surface area contributed by atoms with Gasteiger partial charge in [-0.15, -0.1) is 0 Å². The summed E-state index contributed by atoms with van der Waals surface area (Å²) in [5.41, 5.74) is -0.486. The first kappa shape index (κ1) is 10.9. The topological polar surface area (TPSA) is 32.8 Å². The highest BCUT2D eigenvalue weighted by atomic mass is 16.5. The normalized spacial score (nSPS) is 26.9. The van der Waals surface area contributed by atoms with Crippen LogP contribution in [0.2, 0.25) is 0 Å². The van der Waals surface area contributed by atoms with Gasteiger partial charge >= 0.3 is 0 Å². The molecular weight excluding hydrogens is 192 g/mol. The van der Waals surface area contributed by atoms with Crippen molar-refractivity contribution in [2.75, 3.05) is 26.9 Å². The minimum absolute atomic E-state index is 0.172. The summed E-state index contributed by atoms with van der Waals surface area (Å²) in [5.74, 6) is 0.172. The summed E-state index contributed by atoms with van der Waals surface area (Å²) in [6.07, 6.45) is 1.68. The highest BCUT2D eigenvalue weighted by molar-refractivity contribution is 5.86. The molecule has 0 aromatic rings. The van der Waals surface area contributed by atoms with E-state index in [0.29, 0.717) is 12.8 Å². The summed E-state index contributed by atoms with van der Waals surface area (Å²) >= 11 is 0. The number of hydrogen-bond donors (Lipinski definition) is 0. The van der Waals surface area contributed by atoms with E-state index >= 15 is 0 Å². The van der Waals surface area contributed by atoms with E-state index in [0.717, 1.165) is 25.9 Å². The molecule has 0 radical (unpaired) electrons. The Bertz CT molecular complexity index is 257. The van der Waals surface area contributed by atoms with E-state index < -0.39 is 5.60 Å². The molecule has 0 aromatic carbocycles. The highest BCUT2D eigenvalue weighted by Crippen LogP contribution is 2.33. The lowest BCUT2D eigenvalue weighted by molar-refractivity contribution is -0.140. The number of nitrogens with zero attached hydrogens (tertiary/aromatic N) is 2. The second-order valence-electron chi connectivity index (χ2n) is 4.90. The van der Waals surface area contributed by atoms with E-state index in [9.17, 15) is 4.79 Å². The highest BCUT2D eigenvalue weighted by Gasteiger charge is 2.48. The lowest BCUT2D eigenvalue weighted by Gasteiger charge is -2.38. The fraction of sp³-hybridized carbons (Fsp3) is 0.909. The van der Waals surface area contributed by atoms with Crippen LogP contribution in [-0.4, -0.2) is 54.2 Å². The summed E-state index contributed by atoms with van der Waals surface area (Å²) in [5, 5.41) is 0. The second kappa shape index (κ2) is 3.76. The smallest absolute Gasteiger partial charge is 0.256 e. The van der Waals surface area contributed by atoms with Crippen molar-refractivity contribution in [3.8, 4) is 0 Å². The van der Waals surface area contributed by atoms with Crippen molar-refractivity contribution < 1.29 is 9.53 Å². The van der Waals surface area contributed by atoms with Crippen LogP contribution in [0.25, 0.3) is 0 Å². The maximum absolute atomic E-state index is 11.9. The second-order valence-corrected chi connectivity index (χ2v) is 4.90. The molecule has 86 valence electrons. The molecule has 0 saturated carbocycles. The number of carbonyl (C=O) groups is 1. The van der Waals surface area contributed by atoms with Gasteiger partial charge in [-0.2, -0.15) is 0 Å². The van der Waals surface area contributed by atoms with Gasteiger partial charge in [0.2, 0.25) is 0 Å². The van der Waals surface area contributed by atoms with E-state index in [2.05, 4.69) is 18.7 Å². The average Bonchev–Trinajstić information content (AvgIpc) is 2.48. The Morgan fingerprint density at radius 1 is 1.33 bits per heavy atom. The first-order chi connectivity index (χ1) is 7.05. The number of rotatable bonds is 1. The van der Waals surface area contributed by atoms with Crippen LogP contribution in [0.15, 0.2) is 0 Å². The van der Waals surface area contributed by atoms with E-state index in [4.69, 9.17) is 4.74 Å². The number of hydrogen-bond acceptors (Lipinski definition) is 3. The van der Waals surface area contributed by atoms with Gasteiger partial charge in [-0.05, 0) is 26.7 Å². The van der Waals surface area contributed by atoms with E-state index in [1.54, 1.807) is 4.90 Å². The molecule has 0 bridgehead atoms. The van der Waals surface area contributed by atoms with Gasteiger partial charge < -0.3 is 14.5 Å². The molecule has 0 aliphatic carbocycles. The predicted octanol–water partition coefficient (Wildman–Crippen LogP) is 0.675. The molecule has 1 amide bonds. The van der Waals surface area contributed by atoms with Gasteiger partial charge in [0.25, 0.3) is 5.91 Å². The molecule has 0 atom stereocenters. The van der Waals surface area contributed by atoms with E-state index in [1.165, 1.54) is 0 Å². The third-order valence-electron chi connectivity index (χ3n) is 3.61. The molecule has 0 N–H and O–H groups in total. The Hall–Kier alpha value is -0.610. The summed E-state index contributed by atoms with van der Waals surface area (Å²) in [6, 6.07) is 0.566. The number of likely N-dealkylation sites (N-methyl/N-ethyl adjacent to an activating group) is 1. The molecule has 4 heteroatoms. The van der Waals surface area contributed by atoms with Crippen LogP contribution in [0, 0.1) is 0 Å². The fourth-order valence-corrected chi connectivity index (χ4v) is 2.45. The lowest BCUT2D eigenvalue weighted by Crippen LogP contribution is -2.51. The van der Waals surface area contributed by atoms with Crippen molar-refractivity contribution in [2.45, 2.75) is 38.3 Å². The first-order valence-electron chi connectivity index (χ1n) is 5.69. The number of amides is 1. The van der Waals surface area contributed by atoms with Gasteiger partial charge in [-0.1, -0.05) is 0 Å². The SMILES string of the molecule is CC(C)N1CCC2(CC1)OCN(C)C2=O. The maximum atomic E-state index is 11.9. The van der Waals surface area contributed by atoms with Gasteiger partial charge in [0, 0.05) is 26.2 Å². The lowest BCUT2D eigenvalue weighted by atomic mass is 9.90. The largest absolute Gasteiger partial charge is 0.345 e. The molecule has 2 rings (SSSR count). The Kier molecular flexibility index (Phi) is 2.73. The molecule has 2 saturated heterocycles. The number of ether oxygens (including phenoxy) is 1. The summed E-state index contributed by atoms with van der Waals surface area (Å²) in [4.78, 5) is 16.0. The molecule has 2 heterocycles. The quantitative estimate of drug-likeness (QED) is 0.640. The summed E-state index contributed by atoms with van der Waals surface area (Å²) < 4.78 is 5.68. The van der Waals surface area contributed by atoms with Gasteiger partial charge in [0.15, 0.2) is 5.60 Å². The van der Waals surface area contributed by atoms with Gasteiger partial charge in [0.05, 0.1) is 0 Å². The molecule has 2 aliphatic rings.